The molecular formula is C10H11ClO2S2. The van der Waals surface area contributed by atoms with Crippen LogP contribution in [0.5, 0.6) is 0 Å². The third-order valence-corrected chi connectivity index (χ3v) is 4.96. The topological polar surface area (TPSA) is 34.1 Å². The van der Waals surface area contributed by atoms with Gasteiger partial charge in [-0.1, -0.05) is 11.6 Å². The molecule has 2 unspecified atom stereocenters. The molecule has 5 heteroatoms. The number of carbonyl (C=O) groups is 1. The minimum absolute atomic E-state index is 0.111. The molecule has 15 heavy (non-hydrogen) atoms. The van der Waals surface area contributed by atoms with Gasteiger partial charge in [-0.3, -0.25) is 9.00 Å². The summed E-state index contributed by atoms with van der Waals surface area (Å²) in [4.78, 5) is 11.9. The Morgan fingerprint density at radius 3 is 2.33 bits per heavy atom. The fourth-order valence-corrected chi connectivity index (χ4v) is 3.14. The zero-order chi connectivity index (χ0) is 11.4. The van der Waals surface area contributed by atoms with Crippen molar-refractivity contribution in [3.05, 3.63) is 34.9 Å². The van der Waals surface area contributed by atoms with E-state index in [0.29, 0.717) is 10.6 Å². The Kier molecular flexibility index (Phi) is 4.83. The molecule has 0 aliphatic rings. The maximum atomic E-state index is 11.9. The number of carbonyl (C=O) groups excluding carboxylic acids is 1. The third kappa shape index (κ3) is 3.33. The van der Waals surface area contributed by atoms with Gasteiger partial charge in [0.2, 0.25) is 0 Å². The molecule has 0 fully saturated rings. The lowest BCUT2D eigenvalue weighted by atomic mass is 10.1. The lowest BCUT2D eigenvalue weighted by Gasteiger charge is -2.09. The second-order valence-electron chi connectivity index (χ2n) is 2.94. The normalized spacial score (nSPS) is 14.6. The molecule has 1 rings (SSSR count). The lowest BCUT2D eigenvalue weighted by molar-refractivity contribution is 0.101. The van der Waals surface area contributed by atoms with E-state index in [4.69, 9.17) is 11.6 Å². The summed E-state index contributed by atoms with van der Waals surface area (Å²) in [5.41, 5.74) is 0.550. The summed E-state index contributed by atoms with van der Waals surface area (Å²) >= 11 is 7.02. The van der Waals surface area contributed by atoms with Crippen LogP contribution in [0.15, 0.2) is 24.3 Å². The zero-order valence-electron chi connectivity index (χ0n) is 8.40. The SMILES string of the molecule is CSC(C(=O)c1ccc(Cl)cc1)S(C)=O. The van der Waals surface area contributed by atoms with Gasteiger partial charge in [0, 0.05) is 27.6 Å². The van der Waals surface area contributed by atoms with Gasteiger partial charge in [0.05, 0.1) is 0 Å². The summed E-state index contributed by atoms with van der Waals surface area (Å²) in [6.07, 6.45) is 3.31. The molecule has 0 aliphatic carbocycles. The Bertz CT molecular complexity index is 376. The second kappa shape index (κ2) is 5.68. The number of Topliss-reactive ketones (excluding diaryl/α,β-unsaturated/α-hetero) is 1. The molecule has 0 amide bonds. The summed E-state index contributed by atoms with van der Waals surface area (Å²) in [5, 5.41) is 0.588. The summed E-state index contributed by atoms with van der Waals surface area (Å²) in [5.74, 6) is -0.111. The van der Waals surface area contributed by atoms with Crippen molar-refractivity contribution < 1.29 is 9.00 Å². The van der Waals surface area contributed by atoms with E-state index in [1.807, 2.05) is 0 Å². The molecule has 1 aromatic rings. The minimum atomic E-state index is -1.16. The van der Waals surface area contributed by atoms with Gasteiger partial charge >= 0.3 is 0 Å². The molecule has 0 aromatic heterocycles. The number of rotatable bonds is 4. The predicted molar refractivity (Wildman–Crippen MR) is 67.2 cm³/mol. The van der Waals surface area contributed by atoms with Crippen molar-refractivity contribution in [3.8, 4) is 0 Å². The van der Waals surface area contributed by atoms with Crippen molar-refractivity contribution in [1.82, 2.24) is 0 Å². The highest BCUT2D eigenvalue weighted by molar-refractivity contribution is 8.11. The van der Waals surface area contributed by atoms with Gasteiger partial charge in [0.25, 0.3) is 0 Å². The number of thioether (sulfide) groups is 1. The Hall–Kier alpha value is -0.320. The molecule has 2 atom stereocenters. The van der Waals surface area contributed by atoms with Gasteiger partial charge in [-0.05, 0) is 30.5 Å². The first-order valence-electron chi connectivity index (χ1n) is 4.21. The molecular weight excluding hydrogens is 252 g/mol. The average molecular weight is 263 g/mol. The summed E-state index contributed by atoms with van der Waals surface area (Å²) in [6.45, 7) is 0. The fourth-order valence-electron chi connectivity index (χ4n) is 1.14. The molecule has 2 nitrogen and oxygen atoms in total. The first kappa shape index (κ1) is 12.7. The van der Waals surface area contributed by atoms with Crippen LogP contribution >= 0.6 is 23.4 Å². The molecule has 0 bridgehead atoms. The summed E-state index contributed by atoms with van der Waals surface area (Å²) < 4.78 is 10.8. The van der Waals surface area contributed by atoms with Gasteiger partial charge < -0.3 is 0 Å². The van der Waals surface area contributed by atoms with Crippen molar-refractivity contribution in [2.45, 2.75) is 4.58 Å². The molecule has 0 aliphatic heterocycles. The predicted octanol–water partition coefficient (Wildman–Crippen LogP) is 2.59. The minimum Gasteiger partial charge on any atom is -0.292 e. The number of halogens is 1. The number of hydrogen-bond acceptors (Lipinski definition) is 3. The number of ketones is 1. The molecule has 82 valence electrons. The lowest BCUT2D eigenvalue weighted by Crippen LogP contribution is -2.21. The van der Waals surface area contributed by atoms with Gasteiger partial charge in [-0.15, -0.1) is 11.8 Å². The fraction of sp³-hybridized carbons (Fsp3) is 0.300. The van der Waals surface area contributed by atoms with Crippen LogP contribution in [0.4, 0.5) is 0 Å². The molecule has 0 N–H and O–H groups in total. The van der Waals surface area contributed by atoms with Crippen LogP contribution < -0.4 is 0 Å². The van der Waals surface area contributed by atoms with E-state index in [1.54, 1.807) is 30.5 Å². The molecule has 0 spiro atoms. The summed E-state index contributed by atoms with van der Waals surface area (Å²) in [6, 6.07) is 6.62. The summed E-state index contributed by atoms with van der Waals surface area (Å²) in [7, 11) is -1.16. The van der Waals surface area contributed by atoms with E-state index in [9.17, 15) is 9.00 Å². The van der Waals surface area contributed by atoms with E-state index in [-0.39, 0.29) is 5.78 Å². The third-order valence-electron chi connectivity index (χ3n) is 1.86. The van der Waals surface area contributed by atoms with Crippen molar-refractivity contribution in [2.24, 2.45) is 0 Å². The van der Waals surface area contributed by atoms with Crippen LogP contribution in [0.3, 0.4) is 0 Å². The maximum absolute atomic E-state index is 11.9. The molecule has 0 saturated carbocycles. The van der Waals surface area contributed by atoms with Gasteiger partial charge in [0.1, 0.15) is 4.58 Å². The van der Waals surface area contributed by atoms with Crippen LogP contribution in [0, 0.1) is 0 Å². The van der Waals surface area contributed by atoms with E-state index in [0.717, 1.165) is 0 Å². The van der Waals surface area contributed by atoms with Crippen LogP contribution in [-0.4, -0.2) is 27.1 Å². The Morgan fingerprint density at radius 2 is 1.93 bits per heavy atom. The highest BCUT2D eigenvalue weighted by Crippen LogP contribution is 2.18. The Labute approximate surface area is 101 Å². The largest absolute Gasteiger partial charge is 0.292 e. The van der Waals surface area contributed by atoms with Crippen molar-refractivity contribution in [3.63, 3.8) is 0 Å². The van der Waals surface area contributed by atoms with E-state index in [2.05, 4.69) is 0 Å². The monoisotopic (exact) mass is 262 g/mol. The Morgan fingerprint density at radius 1 is 1.40 bits per heavy atom. The van der Waals surface area contributed by atoms with Gasteiger partial charge in [-0.25, -0.2) is 0 Å². The molecule has 1 aromatic carbocycles. The van der Waals surface area contributed by atoms with Crippen LogP contribution in [0.2, 0.25) is 5.02 Å². The van der Waals surface area contributed by atoms with Crippen LogP contribution in [0.25, 0.3) is 0 Å². The quantitative estimate of drug-likeness (QED) is 0.783. The smallest absolute Gasteiger partial charge is 0.188 e. The average Bonchev–Trinajstić information content (AvgIpc) is 2.19. The maximum Gasteiger partial charge on any atom is 0.188 e. The molecule has 0 saturated heterocycles. The Balaban J connectivity index is 2.93. The van der Waals surface area contributed by atoms with Crippen LogP contribution in [-0.2, 0) is 10.8 Å². The first-order valence-corrected chi connectivity index (χ1v) is 7.49. The van der Waals surface area contributed by atoms with Crippen molar-refractivity contribution in [1.29, 1.82) is 0 Å². The highest BCUT2D eigenvalue weighted by atomic mass is 35.5. The standard InChI is InChI=1S/C10H11ClO2S2/c1-14-10(15(2)13)9(12)7-3-5-8(11)6-4-7/h3-6,10H,1-2H3. The van der Waals surface area contributed by atoms with Crippen molar-refractivity contribution in [2.75, 3.05) is 12.5 Å². The van der Waals surface area contributed by atoms with E-state index in [1.165, 1.54) is 18.0 Å². The van der Waals surface area contributed by atoms with Gasteiger partial charge in [-0.2, -0.15) is 0 Å². The second-order valence-corrected chi connectivity index (χ2v) is 6.08. The van der Waals surface area contributed by atoms with Crippen LogP contribution in [0.1, 0.15) is 10.4 Å². The first-order chi connectivity index (χ1) is 7.06. The van der Waals surface area contributed by atoms with Gasteiger partial charge in [0.15, 0.2) is 5.78 Å². The highest BCUT2D eigenvalue weighted by Gasteiger charge is 2.22. The molecule has 0 radical (unpaired) electrons. The molecule has 0 heterocycles. The zero-order valence-corrected chi connectivity index (χ0v) is 10.8. The number of hydrogen-bond donors (Lipinski definition) is 0. The van der Waals surface area contributed by atoms with E-state index >= 15 is 0 Å². The number of benzene rings is 1. The van der Waals surface area contributed by atoms with Crippen molar-refractivity contribution >= 4 is 39.9 Å². The van der Waals surface area contributed by atoms with E-state index < -0.39 is 15.4 Å².